The molecule has 3 rings (SSSR count). The molecule has 0 aliphatic heterocycles. The molecule has 2 aromatic carbocycles. The van der Waals surface area contributed by atoms with E-state index < -0.39 is 0 Å². The molecule has 0 saturated heterocycles. The van der Waals surface area contributed by atoms with Crippen molar-refractivity contribution in [2.75, 3.05) is 0 Å². The van der Waals surface area contributed by atoms with Crippen molar-refractivity contribution in [2.24, 2.45) is 7.05 Å². The Balaban J connectivity index is 2.24. The maximum absolute atomic E-state index is 2.32. The first-order valence-electron chi connectivity index (χ1n) is 7.69. The van der Waals surface area contributed by atoms with Crippen LogP contribution in [-0.4, -0.2) is 0 Å². The van der Waals surface area contributed by atoms with Gasteiger partial charge in [0, 0.05) is 23.1 Å². The second-order valence-corrected chi connectivity index (χ2v) is 5.69. The molecule has 0 unspecified atom stereocenters. The first-order chi connectivity index (χ1) is 10.2. The molecule has 0 amide bonds. The summed E-state index contributed by atoms with van der Waals surface area (Å²) in [5.41, 5.74) is 6.65. The SMILES string of the molecule is CCCc1cccc2c1ccc(-c1ccccc1C)[n+]2C. The zero-order chi connectivity index (χ0) is 14.8. The highest BCUT2D eigenvalue weighted by molar-refractivity contribution is 5.81. The minimum Gasteiger partial charge on any atom is -0.194 e. The van der Waals surface area contributed by atoms with Gasteiger partial charge in [-0.1, -0.05) is 43.7 Å². The van der Waals surface area contributed by atoms with Crippen LogP contribution in [0.1, 0.15) is 24.5 Å². The minimum atomic E-state index is 1.14. The highest BCUT2D eigenvalue weighted by Gasteiger charge is 2.16. The quantitative estimate of drug-likeness (QED) is 0.616. The van der Waals surface area contributed by atoms with Gasteiger partial charge in [-0.05, 0) is 36.6 Å². The summed E-state index contributed by atoms with van der Waals surface area (Å²) in [4.78, 5) is 0. The van der Waals surface area contributed by atoms with E-state index in [9.17, 15) is 0 Å². The molecule has 21 heavy (non-hydrogen) atoms. The maximum atomic E-state index is 2.32. The summed E-state index contributed by atoms with van der Waals surface area (Å²) in [6, 6.07) is 19.8. The van der Waals surface area contributed by atoms with Gasteiger partial charge in [0.25, 0.3) is 0 Å². The van der Waals surface area contributed by atoms with Gasteiger partial charge in [-0.3, -0.25) is 0 Å². The molecule has 0 fully saturated rings. The van der Waals surface area contributed by atoms with Crippen molar-refractivity contribution in [3.63, 3.8) is 0 Å². The van der Waals surface area contributed by atoms with Gasteiger partial charge < -0.3 is 0 Å². The molecular weight excluding hydrogens is 254 g/mol. The van der Waals surface area contributed by atoms with E-state index >= 15 is 0 Å². The number of pyridine rings is 1. The number of benzene rings is 2. The van der Waals surface area contributed by atoms with Crippen molar-refractivity contribution in [3.05, 3.63) is 65.7 Å². The fourth-order valence-electron chi connectivity index (χ4n) is 3.11. The molecule has 106 valence electrons. The van der Waals surface area contributed by atoms with E-state index in [0.29, 0.717) is 0 Å². The molecule has 1 heterocycles. The van der Waals surface area contributed by atoms with E-state index in [2.05, 4.69) is 80.1 Å². The number of hydrogen-bond acceptors (Lipinski definition) is 0. The van der Waals surface area contributed by atoms with Crippen LogP contribution in [0.2, 0.25) is 0 Å². The molecule has 0 bridgehead atoms. The predicted octanol–water partition coefficient (Wildman–Crippen LogP) is 4.59. The van der Waals surface area contributed by atoms with Crippen molar-refractivity contribution in [1.82, 2.24) is 0 Å². The van der Waals surface area contributed by atoms with Crippen LogP contribution in [0.25, 0.3) is 22.2 Å². The van der Waals surface area contributed by atoms with E-state index in [1.54, 1.807) is 0 Å². The van der Waals surface area contributed by atoms with Crippen LogP contribution in [0.4, 0.5) is 0 Å². The number of fused-ring (bicyclic) bond motifs is 1. The monoisotopic (exact) mass is 276 g/mol. The summed E-state index contributed by atoms with van der Waals surface area (Å²) in [5, 5.41) is 1.37. The highest BCUT2D eigenvalue weighted by Crippen LogP contribution is 2.24. The van der Waals surface area contributed by atoms with Gasteiger partial charge in [-0.15, -0.1) is 0 Å². The Bertz CT molecular complexity index is 787. The summed E-state index contributed by atoms with van der Waals surface area (Å²) in [6.07, 6.45) is 2.32. The summed E-state index contributed by atoms with van der Waals surface area (Å²) in [7, 11) is 2.17. The lowest BCUT2D eigenvalue weighted by Gasteiger charge is -2.08. The van der Waals surface area contributed by atoms with Gasteiger partial charge >= 0.3 is 0 Å². The van der Waals surface area contributed by atoms with Gasteiger partial charge in [0.1, 0.15) is 7.05 Å². The number of aromatic nitrogens is 1. The lowest BCUT2D eigenvalue weighted by molar-refractivity contribution is -0.633. The standard InChI is InChI=1S/C20H22N/c1-4-8-16-10-7-12-19-18(16)13-14-20(21(19)3)17-11-6-5-9-15(17)2/h5-7,9-14H,4,8H2,1-3H3/q+1. The second kappa shape index (κ2) is 5.69. The average molecular weight is 276 g/mol. The van der Waals surface area contributed by atoms with Gasteiger partial charge in [-0.25, -0.2) is 0 Å². The van der Waals surface area contributed by atoms with Crippen LogP contribution in [-0.2, 0) is 13.5 Å². The Morgan fingerprint density at radius 2 is 1.71 bits per heavy atom. The predicted molar refractivity (Wildman–Crippen MR) is 89.3 cm³/mol. The zero-order valence-electron chi connectivity index (χ0n) is 13.1. The number of nitrogens with zero attached hydrogens (tertiary/aromatic N) is 1. The van der Waals surface area contributed by atoms with E-state index in [4.69, 9.17) is 0 Å². The molecule has 0 aliphatic rings. The summed E-state index contributed by atoms with van der Waals surface area (Å²) in [5.74, 6) is 0. The Morgan fingerprint density at radius 1 is 0.905 bits per heavy atom. The Hall–Kier alpha value is -2.15. The fraction of sp³-hybridized carbons (Fsp3) is 0.250. The summed E-state index contributed by atoms with van der Waals surface area (Å²) in [6.45, 7) is 4.41. The van der Waals surface area contributed by atoms with Crippen LogP contribution < -0.4 is 4.57 Å². The molecule has 0 aliphatic carbocycles. The molecule has 0 atom stereocenters. The second-order valence-electron chi connectivity index (χ2n) is 5.69. The zero-order valence-corrected chi connectivity index (χ0v) is 13.1. The van der Waals surface area contributed by atoms with Crippen LogP contribution in [0, 0.1) is 6.92 Å². The van der Waals surface area contributed by atoms with Crippen molar-refractivity contribution < 1.29 is 4.57 Å². The highest BCUT2D eigenvalue weighted by atomic mass is 14.9. The number of hydrogen-bond donors (Lipinski definition) is 0. The van der Waals surface area contributed by atoms with Gasteiger partial charge in [0.2, 0.25) is 11.2 Å². The number of rotatable bonds is 3. The van der Waals surface area contributed by atoms with Crippen LogP contribution in [0.15, 0.2) is 54.6 Å². The summed E-state index contributed by atoms with van der Waals surface area (Å²) < 4.78 is 2.32. The first-order valence-corrected chi connectivity index (χ1v) is 7.69. The first kappa shape index (κ1) is 13.8. The maximum Gasteiger partial charge on any atom is 0.213 e. The fourth-order valence-corrected chi connectivity index (χ4v) is 3.11. The van der Waals surface area contributed by atoms with E-state index in [0.717, 1.165) is 6.42 Å². The molecule has 0 spiro atoms. The average Bonchev–Trinajstić information content (AvgIpc) is 2.50. The Morgan fingerprint density at radius 3 is 2.48 bits per heavy atom. The van der Waals surface area contributed by atoms with Gasteiger partial charge in [0.15, 0.2) is 0 Å². The molecule has 0 N–H and O–H groups in total. The molecule has 0 saturated carbocycles. The Kier molecular flexibility index (Phi) is 3.74. The largest absolute Gasteiger partial charge is 0.213 e. The van der Waals surface area contributed by atoms with Crippen LogP contribution in [0.5, 0.6) is 0 Å². The molecule has 1 nitrogen and oxygen atoms in total. The van der Waals surface area contributed by atoms with Crippen molar-refractivity contribution in [3.8, 4) is 11.3 Å². The normalized spacial score (nSPS) is 11.0. The molecular formula is C20H22N+. The topological polar surface area (TPSA) is 3.88 Å². The van der Waals surface area contributed by atoms with E-state index in [-0.39, 0.29) is 0 Å². The third kappa shape index (κ3) is 2.44. The van der Waals surface area contributed by atoms with E-state index in [1.807, 2.05) is 0 Å². The van der Waals surface area contributed by atoms with Gasteiger partial charge in [0.05, 0.1) is 0 Å². The molecule has 3 aromatic rings. The lowest BCUT2D eigenvalue weighted by Crippen LogP contribution is -2.32. The number of aryl methyl sites for hydroxylation is 3. The van der Waals surface area contributed by atoms with Gasteiger partial charge in [-0.2, -0.15) is 4.57 Å². The summed E-state index contributed by atoms with van der Waals surface area (Å²) >= 11 is 0. The van der Waals surface area contributed by atoms with Crippen LogP contribution in [0.3, 0.4) is 0 Å². The third-order valence-electron chi connectivity index (χ3n) is 4.24. The molecule has 1 heteroatoms. The molecule has 1 aromatic heterocycles. The minimum absolute atomic E-state index is 1.14. The Labute approximate surface area is 126 Å². The van der Waals surface area contributed by atoms with Crippen LogP contribution >= 0.6 is 0 Å². The lowest BCUT2D eigenvalue weighted by atomic mass is 10.0. The van der Waals surface area contributed by atoms with Crippen molar-refractivity contribution in [2.45, 2.75) is 26.7 Å². The van der Waals surface area contributed by atoms with Crippen molar-refractivity contribution in [1.29, 1.82) is 0 Å². The van der Waals surface area contributed by atoms with E-state index in [1.165, 1.54) is 39.7 Å². The smallest absolute Gasteiger partial charge is 0.194 e. The van der Waals surface area contributed by atoms with Crippen molar-refractivity contribution >= 4 is 10.9 Å². The molecule has 0 radical (unpaired) electrons. The third-order valence-corrected chi connectivity index (χ3v) is 4.24.